The van der Waals surface area contributed by atoms with Crippen molar-refractivity contribution in [3.8, 4) is 5.75 Å². The molecule has 0 bridgehead atoms. The molecule has 30 heavy (non-hydrogen) atoms. The van der Waals surface area contributed by atoms with Crippen LogP contribution >= 0.6 is 0 Å². The second-order valence-electron chi connectivity index (χ2n) is 6.44. The number of H-pyrrole nitrogens is 1. The van der Waals surface area contributed by atoms with Crippen LogP contribution in [0.25, 0.3) is 10.9 Å². The Morgan fingerprint density at radius 1 is 1.17 bits per heavy atom. The molecule has 152 valence electrons. The van der Waals surface area contributed by atoms with Crippen molar-refractivity contribution in [3.05, 3.63) is 90.3 Å². The van der Waals surface area contributed by atoms with Gasteiger partial charge in [-0.3, -0.25) is 14.7 Å². The van der Waals surface area contributed by atoms with E-state index in [-0.39, 0.29) is 11.8 Å². The Kier molecular flexibility index (Phi) is 6.44. The number of hydrogen-bond acceptors (Lipinski definition) is 4. The summed E-state index contributed by atoms with van der Waals surface area (Å²) in [5.74, 6) is -0.0290. The highest BCUT2D eigenvalue weighted by Gasteiger charge is 2.14. The number of benzene rings is 2. The number of amides is 2. The molecule has 0 atom stereocenters. The molecule has 3 rings (SSSR count). The van der Waals surface area contributed by atoms with Crippen LogP contribution in [-0.2, 0) is 4.79 Å². The predicted molar refractivity (Wildman–Crippen MR) is 117 cm³/mol. The molecule has 2 amide bonds. The fourth-order valence-corrected chi connectivity index (χ4v) is 2.72. The first kappa shape index (κ1) is 20.6. The van der Waals surface area contributed by atoms with Gasteiger partial charge in [0.1, 0.15) is 5.75 Å². The molecule has 0 aliphatic rings. The fraction of sp³-hybridized carbons (Fsp3) is 0.0870. The summed E-state index contributed by atoms with van der Waals surface area (Å²) in [6, 6.07) is 12.1. The highest BCUT2D eigenvalue weighted by Crippen LogP contribution is 2.18. The molecule has 3 aromatic rings. The van der Waals surface area contributed by atoms with Gasteiger partial charge < -0.3 is 15.4 Å². The van der Waals surface area contributed by atoms with Crippen molar-refractivity contribution in [1.82, 2.24) is 15.5 Å². The maximum atomic E-state index is 12.8. The van der Waals surface area contributed by atoms with Crippen LogP contribution in [0, 0.1) is 0 Å². The predicted octanol–water partition coefficient (Wildman–Crippen LogP) is 3.96. The Hall–Kier alpha value is -4.13. The van der Waals surface area contributed by atoms with Crippen LogP contribution in [0.1, 0.15) is 17.3 Å². The zero-order chi connectivity index (χ0) is 21.5. The number of carbonyl (C=O) groups is 2. The van der Waals surface area contributed by atoms with Gasteiger partial charge in [0.15, 0.2) is 0 Å². The molecule has 3 N–H and O–H groups in total. The summed E-state index contributed by atoms with van der Waals surface area (Å²) in [5, 5.41) is 13.4. The summed E-state index contributed by atoms with van der Waals surface area (Å²) in [7, 11) is 1.56. The maximum Gasteiger partial charge on any atom is 0.255 e. The zero-order valence-corrected chi connectivity index (χ0v) is 16.7. The highest BCUT2D eigenvalue weighted by molar-refractivity contribution is 6.06. The summed E-state index contributed by atoms with van der Waals surface area (Å²) in [6.07, 6.45) is 6.55. The van der Waals surface area contributed by atoms with E-state index in [0.717, 1.165) is 10.9 Å². The van der Waals surface area contributed by atoms with Crippen molar-refractivity contribution in [3.63, 3.8) is 0 Å². The van der Waals surface area contributed by atoms with Crippen molar-refractivity contribution in [2.24, 2.45) is 0 Å². The molecule has 2 aromatic carbocycles. The minimum Gasteiger partial charge on any atom is -0.497 e. The molecule has 1 aromatic heterocycles. The number of allylic oxidation sites excluding steroid dienone is 3. The Bertz CT molecular complexity index is 1140. The normalized spacial score (nSPS) is 11.8. The van der Waals surface area contributed by atoms with Gasteiger partial charge in [0.2, 0.25) is 0 Å². The summed E-state index contributed by atoms with van der Waals surface area (Å²) in [6.45, 7) is 5.28. The van der Waals surface area contributed by atoms with E-state index in [4.69, 9.17) is 4.74 Å². The van der Waals surface area contributed by atoms with Gasteiger partial charge in [0.05, 0.1) is 18.8 Å². The number of carbonyl (C=O) groups excluding carboxylic acids is 2. The van der Waals surface area contributed by atoms with Gasteiger partial charge in [-0.2, -0.15) is 5.10 Å². The second-order valence-corrected chi connectivity index (χ2v) is 6.44. The Labute approximate surface area is 174 Å². The fourth-order valence-electron chi connectivity index (χ4n) is 2.72. The van der Waals surface area contributed by atoms with Crippen molar-refractivity contribution in [2.45, 2.75) is 6.92 Å². The Morgan fingerprint density at radius 3 is 2.63 bits per heavy atom. The minimum absolute atomic E-state index is 0.340. The van der Waals surface area contributed by atoms with E-state index in [1.54, 1.807) is 74.9 Å². The lowest BCUT2D eigenvalue weighted by Crippen LogP contribution is -2.26. The van der Waals surface area contributed by atoms with Gasteiger partial charge >= 0.3 is 0 Å². The second kappa shape index (κ2) is 9.38. The van der Waals surface area contributed by atoms with Crippen molar-refractivity contribution >= 4 is 28.4 Å². The van der Waals surface area contributed by atoms with Gasteiger partial charge in [0, 0.05) is 27.9 Å². The van der Waals surface area contributed by atoms with Crippen LogP contribution in [0.2, 0.25) is 0 Å². The highest BCUT2D eigenvalue weighted by atomic mass is 16.5. The Balaban J connectivity index is 1.81. The minimum atomic E-state index is -0.340. The van der Waals surface area contributed by atoms with Gasteiger partial charge in [-0.05, 0) is 55.5 Å². The SMILES string of the molecule is C=C/C=C\C(NC(=O)c1ccc(OC)cc1)=C(/C)C(=O)Nc1ccc2cn[nH]c2c1. The van der Waals surface area contributed by atoms with E-state index >= 15 is 0 Å². The molecular formula is C23H22N4O3. The van der Waals surface area contributed by atoms with Gasteiger partial charge in [-0.1, -0.05) is 18.7 Å². The number of anilines is 1. The number of aromatic nitrogens is 2. The summed E-state index contributed by atoms with van der Waals surface area (Å²) in [5.41, 5.74) is 2.59. The number of methoxy groups -OCH3 is 1. The monoisotopic (exact) mass is 402 g/mol. The third kappa shape index (κ3) is 4.82. The molecule has 7 nitrogen and oxygen atoms in total. The molecule has 0 aliphatic carbocycles. The molecule has 1 heterocycles. The third-order valence-corrected chi connectivity index (χ3v) is 4.44. The topological polar surface area (TPSA) is 96.1 Å². The van der Waals surface area contributed by atoms with Crippen LogP contribution in [0.15, 0.2) is 84.7 Å². The standard InChI is InChI=1S/C23H22N4O3/c1-4-5-6-20(26-23(29)16-8-11-19(30-3)12-9-16)15(2)22(28)25-18-10-7-17-14-24-27-21(17)13-18/h4-14H,1H2,2-3H3,(H,24,27)(H,25,28)(H,26,29)/b6-5-,20-15-. The Morgan fingerprint density at radius 2 is 1.93 bits per heavy atom. The van der Waals surface area contributed by atoms with Crippen LogP contribution < -0.4 is 15.4 Å². The number of hydrogen-bond donors (Lipinski definition) is 3. The smallest absolute Gasteiger partial charge is 0.255 e. The molecule has 0 saturated carbocycles. The number of nitrogens with one attached hydrogen (secondary N) is 3. The van der Waals surface area contributed by atoms with Crippen LogP contribution in [0.4, 0.5) is 5.69 Å². The summed E-state index contributed by atoms with van der Waals surface area (Å²) in [4.78, 5) is 25.4. The first-order valence-electron chi connectivity index (χ1n) is 9.21. The maximum absolute atomic E-state index is 12.8. The molecule has 7 heteroatoms. The quantitative estimate of drug-likeness (QED) is 0.412. The van der Waals surface area contributed by atoms with Crippen molar-refractivity contribution in [2.75, 3.05) is 12.4 Å². The molecule has 0 unspecified atom stereocenters. The van der Waals surface area contributed by atoms with E-state index in [1.807, 2.05) is 6.07 Å². The summed E-state index contributed by atoms with van der Waals surface area (Å²) >= 11 is 0. The largest absolute Gasteiger partial charge is 0.497 e. The van der Waals surface area contributed by atoms with E-state index in [1.165, 1.54) is 0 Å². The van der Waals surface area contributed by atoms with E-state index < -0.39 is 0 Å². The molecule has 0 aliphatic heterocycles. The van der Waals surface area contributed by atoms with Gasteiger partial charge in [-0.15, -0.1) is 0 Å². The average molecular weight is 402 g/mol. The van der Waals surface area contributed by atoms with Crippen LogP contribution in [0.3, 0.4) is 0 Å². The zero-order valence-electron chi connectivity index (χ0n) is 16.7. The summed E-state index contributed by atoms with van der Waals surface area (Å²) < 4.78 is 5.11. The lowest BCUT2D eigenvalue weighted by molar-refractivity contribution is -0.112. The van der Waals surface area contributed by atoms with E-state index in [0.29, 0.717) is 28.3 Å². The number of ether oxygens (including phenoxy) is 1. The van der Waals surface area contributed by atoms with Gasteiger partial charge in [-0.25, -0.2) is 0 Å². The molecule has 0 radical (unpaired) electrons. The van der Waals surface area contributed by atoms with Gasteiger partial charge in [0.25, 0.3) is 11.8 Å². The number of rotatable bonds is 7. The van der Waals surface area contributed by atoms with Crippen LogP contribution in [-0.4, -0.2) is 29.1 Å². The molecule has 0 saturated heterocycles. The first-order valence-corrected chi connectivity index (χ1v) is 9.21. The average Bonchev–Trinajstić information content (AvgIpc) is 3.24. The third-order valence-electron chi connectivity index (χ3n) is 4.44. The van der Waals surface area contributed by atoms with E-state index in [2.05, 4.69) is 27.4 Å². The molecule has 0 fully saturated rings. The lowest BCUT2D eigenvalue weighted by atomic mass is 10.1. The lowest BCUT2D eigenvalue weighted by Gasteiger charge is -2.12. The molecule has 0 spiro atoms. The number of aromatic amines is 1. The number of nitrogens with zero attached hydrogens (tertiary/aromatic N) is 1. The van der Waals surface area contributed by atoms with E-state index in [9.17, 15) is 9.59 Å². The van der Waals surface area contributed by atoms with Crippen molar-refractivity contribution < 1.29 is 14.3 Å². The van der Waals surface area contributed by atoms with Crippen molar-refractivity contribution in [1.29, 1.82) is 0 Å². The van der Waals surface area contributed by atoms with Crippen LogP contribution in [0.5, 0.6) is 5.75 Å². The first-order chi connectivity index (χ1) is 14.5. The number of fused-ring (bicyclic) bond motifs is 1. The molecular weight excluding hydrogens is 380 g/mol.